The molecule has 3 aromatic rings. The van der Waals surface area contributed by atoms with Crippen LogP contribution in [0.5, 0.6) is 0 Å². The number of hydrogen-bond donors (Lipinski definition) is 0. The van der Waals surface area contributed by atoms with Gasteiger partial charge in [-0.2, -0.15) is 0 Å². The molecule has 0 bridgehead atoms. The summed E-state index contributed by atoms with van der Waals surface area (Å²) in [4.78, 5) is 14.5. The van der Waals surface area contributed by atoms with E-state index >= 15 is 0 Å². The van der Waals surface area contributed by atoms with E-state index in [2.05, 4.69) is 10.3 Å². The van der Waals surface area contributed by atoms with E-state index in [4.69, 9.17) is 0 Å². The van der Waals surface area contributed by atoms with Gasteiger partial charge in [-0.25, -0.2) is 4.68 Å². The zero-order valence-electron chi connectivity index (χ0n) is 15.5. The van der Waals surface area contributed by atoms with Crippen molar-refractivity contribution >= 4 is 17.5 Å². The Bertz CT molecular complexity index is 935. The number of ketones is 1. The molecule has 0 aliphatic rings. The van der Waals surface area contributed by atoms with Crippen molar-refractivity contribution in [1.29, 1.82) is 0 Å². The number of rotatable bonds is 5. The lowest BCUT2D eigenvalue weighted by Crippen LogP contribution is -2.07. The quantitative estimate of drug-likeness (QED) is 0.520. The Morgan fingerprint density at radius 1 is 1.00 bits per heavy atom. The maximum absolute atomic E-state index is 12.5. The first-order valence-corrected chi connectivity index (χ1v) is 8.45. The molecule has 0 radical (unpaired) electrons. The van der Waals surface area contributed by atoms with E-state index in [1.165, 1.54) is 5.56 Å². The van der Waals surface area contributed by atoms with Gasteiger partial charge in [-0.05, 0) is 49.8 Å². The molecule has 5 nitrogen and oxygen atoms in total. The van der Waals surface area contributed by atoms with Gasteiger partial charge in [0.2, 0.25) is 5.78 Å². The number of carbonyl (C=O) groups excluding carboxylic acids is 1. The van der Waals surface area contributed by atoms with Crippen molar-refractivity contribution < 1.29 is 4.79 Å². The fraction of sp³-hybridized carbons (Fsp3) is 0.190. The molecule has 0 saturated heterocycles. The Morgan fingerprint density at radius 2 is 1.65 bits per heavy atom. The van der Waals surface area contributed by atoms with E-state index in [1.54, 1.807) is 16.8 Å². The summed E-state index contributed by atoms with van der Waals surface area (Å²) in [7, 11) is 3.99. The highest BCUT2D eigenvalue weighted by molar-refractivity contribution is 6.06. The van der Waals surface area contributed by atoms with Crippen LogP contribution >= 0.6 is 0 Å². The number of aryl methyl sites for hydroxylation is 1. The lowest BCUT2D eigenvalue weighted by Gasteiger charge is -2.11. The van der Waals surface area contributed by atoms with Crippen LogP contribution in [-0.4, -0.2) is 34.9 Å². The Kier molecular flexibility index (Phi) is 4.98. The first-order valence-electron chi connectivity index (χ1n) is 8.45. The molecule has 0 aliphatic carbocycles. The smallest absolute Gasteiger partial charge is 0.208 e. The van der Waals surface area contributed by atoms with Gasteiger partial charge in [0.15, 0.2) is 5.69 Å². The number of allylic oxidation sites excluding steroid dienone is 1. The van der Waals surface area contributed by atoms with Crippen LogP contribution in [0.15, 0.2) is 54.6 Å². The topological polar surface area (TPSA) is 51.0 Å². The fourth-order valence-corrected chi connectivity index (χ4v) is 2.62. The summed E-state index contributed by atoms with van der Waals surface area (Å²) in [5.74, 6) is -0.155. The standard InChI is InChI=1S/C21H22N4O/c1-15-5-10-19(11-6-15)25-16(2)21(22-23-25)20(26)14-9-17-7-12-18(13-8-17)24(3)4/h5-14H,1-4H3/b14-9+. The molecule has 0 amide bonds. The summed E-state index contributed by atoms with van der Waals surface area (Å²) in [5, 5.41) is 8.20. The largest absolute Gasteiger partial charge is 0.378 e. The average Bonchev–Trinajstić information content (AvgIpc) is 3.02. The molecule has 1 aromatic heterocycles. The molecule has 1 heterocycles. The number of carbonyl (C=O) groups is 1. The summed E-state index contributed by atoms with van der Waals surface area (Å²) in [6.07, 6.45) is 3.34. The average molecular weight is 346 g/mol. The summed E-state index contributed by atoms with van der Waals surface area (Å²) >= 11 is 0. The second-order valence-corrected chi connectivity index (χ2v) is 6.45. The molecule has 0 fully saturated rings. The van der Waals surface area contributed by atoms with Crippen molar-refractivity contribution in [3.63, 3.8) is 0 Å². The number of benzene rings is 2. The van der Waals surface area contributed by atoms with Crippen molar-refractivity contribution in [3.05, 3.63) is 77.1 Å². The van der Waals surface area contributed by atoms with E-state index < -0.39 is 0 Å². The highest BCUT2D eigenvalue weighted by Crippen LogP contribution is 2.16. The van der Waals surface area contributed by atoms with Gasteiger partial charge in [0.1, 0.15) is 0 Å². The Labute approximate surface area is 153 Å². The molecule has 0 N–H and O–H groups in total. The van der Waals surface area contributed by atoms with Gasteiger partial charge in [0.25, 0.3) is 0 Å². The molecule has 3 rings (SSSR count). The van der Waals surface area contributed by atoms with Crippen LogP contribution in [0.2, 0.25) is 0 Å². The number of anilines is 1. The van der Waals surface area contributed by atoms with Crippen molar-refractivity contribution in [1.82, 2.24) is 15.0 Å². The second kappa shape index (κ2) is 7.35. The van der Waals surface area contributed by atoms with Gasteiger partial charge in [0, 0.05) is 19.8 Å². The number of aromatic nitrogens is 3. The zero-order chi connectivity index (χ0) is 18.7. The van der Waals surface area contributed by atoms with Crippen LogP contribution in [0, 0.1) is 13.8 Å². The Hall–Kier alpha value is -3.21. The van der Waals surface area contributed by atoms with E-state index in [1.807, 2.05) is 81.4 Å². The van der Waals surface area contributed by atoms with E-state index in [9.17, 15) is 4.79 Å². The number of nitrogens with zero attached hydrogens (tertiary/aromatic N) is 4. The van der Waals surface area contributed by atoms with E-state index in [0.717, 1.165) is 22.6 Å². The summed E-state index contributed by atoms with van der Waals surface area (Å²) in [5.41, 5.74) is 5.24. The van der Waals surface area contributed by atoms with Gasteiger partial charge in [-0.3, -0.25) is 4.79 Å². The van der Waals surface area contributed by atoms with Gasteiger partial charge in [0.05, 0.1) is 11.4 Å². The fourth-order valence-electron chi connectivity index (χ4n) is 2.62. The summed E-state index contributed by atoms with van der Waals surface area (Å²) < 4.78 is 1.69. The van der Waals surface area contributed by atoms with Crippen molar-refractivity contribution in [2.45, 2.75) is 13.8 Å². The molecule has 2 aromatic carbocycles. The lowest BCUT2D eigenvalue weighted by atomic mass is 10.1. The molecule has 26 heavy (non-hydrogen) atoms. The van der Waals surface area contributed by atoms with Crippen LogP contribution < -0.4 is 4.90 Å². The van der Waals surface area contributed by atoms with E-state index in [-0.39, 0.29) is 5.78 Å². The van der Waals surface area contributed by atoms with Gasteiger partial charge in [-0.15, -0.1) is 5.10 Å². The lowest BCUT2D eigenvalue weighted by molar-refractivity contribution is 0.104. The highest BCUT2D eigenvalue weighted by atomic mass is 16.1. The molecule has 0 aliphatic heterocycles. The van der Waals surface area contributed by atoms with Crippen LogP contribution in [0.4, 0.5) is 5.69 Å². The minimum Gasteiger partial charge on any atom is -0.378 e. The van der Waals surface area contributed by atoms with Crippen LogP contribution in [0.1, 0.15) is 27.3 Å². The Morgan fingerprint density at radius 3 is 2.27 bits per heavy atom. The molecule has 0 saturated carbocycles. The maximum Gasteiger partial charge on any atom is 0.208 e. The third-order valence-electron chi connectivity index (χ3n) is 4.24. The molecule has 5 heteroatoms. The van der Waals surface area contributed by atoms with Crippen molar-refractivity contribution in [2.75, 3.05) is 19.0 Å². The van der Waals surface area contributed by atoms with Gasteiger partial charge in [-0.1, -0.05) is 41.1 Å². The van der Waals surface area contributed by atoms with Crippen LogP contribution in [-0.2, 0) is 0 Å². The van der Waals surface area contributed by atoms with E-state index in [0.29, 0.717) is 5.69 Å². The van der Waals surface area contributed by atoms with Gasteiger partial charge < -0.3 is 4.90 Å². The first kappa shape index (κ1) is 17.6. The molecule has 132 valence electrons. The first-order chi connectivity index (χ1) is 12.5. The molecular weight excluding hydrogens is 324 g/mol. The maximum atomic E-state index is 12.5. The highest BCUT2D eigenvalue weighted by Gasteiger charge is 2.15. The van der Waals surface area contributed by atoms with Crippen molar-refractivity contribution in [2.24, 2.45) is 0 Å². The molecule has 0 spiro atoms. The Balaban J connectivity index is 1.79. The third-order valence-corrected chi connectivity index (χ3v) is 4.24. The van der Waals surface area contributed by atoms with Crippen LogP contribution in [0.3, 0.4) is 0 Å². The summed E-state index contributed by atoms with van der Waals surface area (Å²) in [6.45, 7) is 3.88. The zero-order valence-corrected chi connectivity index (χ0v) is 15.5. The minimum absolute atomic E-state index is 0.155. The predicted octanol–water partition coefficient (Wildman–Crippen LogP) is 3.85. The molecular formula is C21H22N4O. The second-order valence-electron chi connectivity index (χ2n) is 6.45. The third kappa shape index (κ3) is 3.72. The van der Waals surface area contributed by atoms with Crippen LogP contribution in [0.25, 0.3) is 11.8 Å². The van der Waals surface area contributed by atoms with Crippen molar-refractivity contribution in [3.8, 4) is 5.69 Å². The monoisotopic (exact) mass is 346 g/mol. The minimum atomic E-state index is -0.155. The summed E-state index contributed by atoms with van der Waals surface area (Å²) in [6, 6.07) is 15.9. The molecule has 0 unspecified atom stereocenters. The SMILES string of the molecule is Cc1ccc(-n2nnc(C(=O)/C=C/c3ccc(N(C)C)cc3)c2C)cc1. The normalized spacial score (nSPS) is 11.1. The molecule has 0 atom stereocenters. The van der Waals surface area contributed by atoms with Gasteiger partial charge >= 0.3 is 0 Å². The number of hydrogen-bond acceptors (Lipinski definition) is 4. The predicted molar refractivity (Wildman–Crippen MR) is 105 cm³/mol.